The van der Waals surface area contributed by atoms with E-state index in [1.807, 2.05) is 0 Å². The maximum absolute atomic E-state index is 12.7. The zero-order valence-electron chi connectivity index (χ0n) is 12.4. The van der Waals surface area contributed by atoms with Crippen molar-refractivity contribution < 1.29 is 24.2 Å². The molecule has 2 aromatic carbocycles. The van der Waals surface area contributed by atoms with Gasteiger partial charge in [0.1, 0.15) is 18.0 Å². The largest absolute Gasteiger partial charge is 0.497 e. The molecule has 1 unspecified atom stereocenters. The van der Waals surface area contributed by atoms with Crippen LogP contribution in [0.4, 0.5) is 5.69 Å². The Balaban J connectivity index is 1.99. The Hall–Kier alpha value is -3.02. The van der Waals surface area contributed by atoms with Gasteiger partial charge in [0.05, 0.1) is 12.8 Å². The third kappa shape index (κ3) is 2.83. The van der Waals surface area contributed by atoms with Crippen LogP contribution in [0.1, 0.15) is 11.7 Å². The Morgan fingerprint density at radius 3 is 2.57 bits per heavy atom. The van der Waals surface area contributed by atoms with E-state index in [0.29, 0.717) is 22.7 Å². The Bertz CT molecular complexity index is 741. The first-order chi connectivity index (χ1) is 11.1. The summed E-state index contributed by atoms with van der Waals surface area (Å²) in [5.41, 5.74) is 1.10. The van der Waals surface area contributed by atoms with Crippen LogP contribution in [0.25, 0.3) is 0 Å². The van der Waals surface area contributed by atoms with Gasteiger partial charge in [0.15, 0.2) is 0 Å². The third-order valence-electron chi connectivity index (χ3n) is 3.60. The van der Waals surface area contributed by atoms with E-state index < -0.39 is 24.5 Å². The molecule has 0 spiro atoms. The lowest BCUT2D eigenvalue weighted by molar-refractivity contribution is -0.138. The van der Waals surface area contributed by atoms with Crippen molar-refractivity contribution >= 4 is 17.6 Å². The van der Waals surface area contributed by atoms with E-state index in [4.69, 9.17) is 14.6 Å². The number of carboxylic acids is 1. The number of carbonyl (C=O) groups is 2. The van der Waals surface area contributed by atoms with Crippen molar-refractivity contribution in [3.05, 3.63) is 54.1 Å². The predicted octanol–water partition coefficient (Wildman–Crippen LogP) is 2.25. The van der Waals surface area contributed by atoms with Gasteiger partial charge < -0.3 is 14.6 Å². The Kier molecular flexibility index (Phi) is 3.89. The zero-order valence-corrected chi connectivity index (χ0v) is 12.4. The molecule has 3 rings (SSSR count). The highest BCUT2D eigenvalue weighted by Gasteiger charge is 2.36. The highest BCUT2D eigenvalue weighted by molar-refractivity contribution is 6.03. The van der Waals surface area contributed by atoms with Crippen molar-refractivity contribution in [2.24, 2.45) is 0 Å². The molecule has 0 radical (unpaired) electrons. The number of ether oxygens (including phenoxy) is 2. The SMILES string of the molecule is COc1ccc(C2Oc3ccccc3N(CC(=O)O)C2=O)cc1. The summed E-state index contributed by atoms with van der Waals surface area (Å²) < 4.78 is 10.9. The maximum atomic E-state index is 12.7. The quantitative estimate of drug-likeness (QED) is 0.937. The third-order valence-corrected chi connectivity index (χ3v) is 3.60. The predicted molar refractivity (Wildman–Crippen MR) is 82.8 cm³/mol. The molecule has 0 aliphatic carbocycles. The summed E-state index contributed by atoms with van der Waals surface area (Å²) in [4.78, 5) is 25.0. The fourth-order valence-electron chi connectivity index (χ4n) is 2.51. The van der Waals surface area contributed by atoms with Crippen LogP contribution in [0.15, 0.2) is 48.5 Å². The molecule has 0 aromatic heterocycles. The van der Waals surface area contributed by atoms with E-state index >= 15 is 0 Å². The van der Waals surface area contributed by atoms with Gasteiger partial charge in [0.2, 0.25) is 6.10 Å². The minimum atomic E-state index is -1.08. The molecule has 0 saturated carbocycles. The first-order valence-electron chi connectivity index (χ1n) is 7.03. The second-order valence-corrected chi connectivity index (χ2v) is 5.06. The lowest BCUT2D eigenvalue weighted by atomic mass is 10.1. The summed E-state index contributed by atoms with van der Waals surface area (Å²) in [5.74, 6) is -0.339. The van der Waals surface area contributed by atoms with E-state index in [2.05, 4.69) is 0 Å². The molecule has 0 fully saturated rings. The van der Waals surface area contributed by atoms with Crippen molar-refractivity contribution in [3.63, 3.8) is 0 Å². The Morgan fingerprint density at radius 2 is 1.91 bits per heavy atom. The molecule has 1 aliphatic rings. The van der Waals surface area contributed by atoms with Crippen molar-refractivity contribution in [3.8, 4) is 11.5 Å². The summed E-state index contributed by atoms with van der Waals surface area (Å²) in [5, 5.41) is 9.08. The van der Waals surface area contributed by atoms with Gasteiger partial charge in [-0.05, 0) is 24.3 Å². The highest BCUT2D eigenvalue weighted by Crippen LogP contribution is 2.38. The Morgan fingerprint density at radius 1 is 1.22 bits per heavy atom. The Labute approximate surface area is 132 Å². The number of benzene rings is 2. The molecule has 1 N–H and O–H groups in total. The van der Waals surface area contributed by atoms with E-state index in [-0.39, 0.29) is 0 Å². The summed E-state index contributed by atoms with van der Waals surface area (Å²) >= 11 is 0. The topological polar surface area (TPSA) is 76.1 Å². The fraction of sp³-hybridized carbons (Fsp3) is 0.176. The number of para-hydroxylation sites is 2. The smallest absolute Gasteiger partial charge is 0.323 e. The van der Waals surface area contributed by atoms with E-state index in [0.717, 1.165) is 0 Å². The minimum Gasteiger partial charge on any atom is -0.497 e. The monoisotopic (exact) mass is 313 g/mol. The van der Waals surface area contributed by atoms with Gasteiger partial charge in [0.25, 0.3) is 5.91 Å². The van der Waals surface area contributed by atoms with Gasteiger partial charge in [-0.2, -0.15) is 0 Å². The molecule has 6 heteroatoms. The average Bonchev–Trinajstić information content (AvgIpc) is 2.57. The fourth-order valence-corrected chi connectivity index (χ4v) is 2.51. The van der Waals surface area contributed by atoms with E-state index in [1.165, 1.54) is 4.90 Å². The number of aliphatic carboxylic acids is 1. The molecule has 2 aromatic rings. The standard InChI is InChI=1S/C17H15NO5/c1-22-12-8-6-11(7-9-12)16-17(21)18(10-15(19)20)13-4-2-3-5-14(13)23-16/h2-9,16H,10H2,1H3,(H,19,20). The van der Waals surface area contributed by atoms with Gasteiger partial charge in [-0.25, -0.2) is 0 Å². The van der Waals surface area contributed by atoms with Crippen molar-refractivity contribution in [2.75, 3.05) is 18.6 Å². The molecule has 0 saturated heterocycles. The number of hydrogen-bond acceptors (Lipinski definition) is 4. The van der Waals surface area contributed by atoms with Gasteiger partial charge in [-0.3, -0.25) is 14.5 Å². The lowest BCUT2D eigenvalue weighted by Gasteiger charge is -2.33. The van der Waals surface area contributed by atoms with Gasteiger partial charge in [0, 0.05) is 5.56 Å². The van der Waals surface area contributed by atoms with Crippen molar-refractivity contribution in [1.29, 1.82) is 0 Å². The first-order valence-corrected chi connectivity index (χ1v) is 7.03. The number of fused-ring (bicyclic) bond motifs is 1. The van der Waals surface area contributed by atoms with Gasteiger partial charge in [-0.1, -0.05) is 24.3 Å². The number of carbonyl (C=O) groups excluding carboxylic acids is 1. The molecule has 1 heterocycles. The number of nitrogens with zero attached hydrogens (tertiary/aromatic N) is 1. The molecular formula is C17H15NO5. The molecule has 1 aliphatic heterocycles. The number of anilines is 1. The normalized spacial score (nSPS) is 16.5. The summed E-state index contributed by atoms with van der Waals surface area (Å²) in [7, 11) is 1.56. The van der Waals surface area contributed by atoms with Crippen molar-refractivity contribution in [2.45, 2.75) is 6.10 Å². The maximum Gasteiger partial charge on any atom is 0.323 e. The van der Waals surface area contributed by atoms with Crippen LogP contribution < -0.4 is 14.4 Å². The van der Waals surface area contributed by atoms with E-state index in [9.17, 15) is 9.59 Å². The summed E-state index contributed by atoms with van der Waals surface area (Å²) in [6.45, 7) is -0.411. The average molecular weight is 313 g/mol. The summed E-state index contributed by atoms with van der Waals surface area (Å²) in [6.07, 6.45) is -0.879. The van der Waals surface area contributed by atoms with Crippen LogP contribution in [-0.2, 0) is 9.59 Å². The van der Waals surface area contributed by atoms with Gasteiger partial charge in [-0.15, -0.1) is 0 Å². The number of carboxylic acid groups (broad SMARTS) is 1. The molecule has 1 amide bonds. The number of rotatable bonds is 4. The van der Waals surface area contributed by atoms with E-state index in [1.54, 1.807) is 55.6 Å². The minimum absolute atomic E-state index is 0.406. The van der Waals surface area contributed by atoms with Crippen LogP contribution >= 0.6 is 0 Å². The molecular weight excluding hydrogens is 298 g/mol. The van der Waals surface area contributed by atoms with Crippen LogP contribution in [0.5, 0.6) is 11.5 Å². The molecule has 6 nitrogen and oxygen atoms in total. The molecule has 1 atom stereocenters. The van der Waals surface area contributed by atoms with Crippen LogP contribution in [-0.4, -0.2) is 30.6 Å². The molecule has 0 bridgehead atoms. The van der Waals surface area contributed by atoms with Crippen LogP contribution in [0.2, 0.25) is 0 Å². The van der Waals surface area contributed by atoms with Crippen LogP contribution in [0.3, 0.4) is 0 Å². The lowest BCUT2D eigenvalue weighted by Crippen LogP contribution is -2.43. The summed E-state index contributed by atoms with van der Waals surface area (Å²) in [6, 6.07) is 13.8. The molecule has 118 valence electrons. The number of amides is 1. The molecule has 23 heavy (non-hydrogen) atoms. The first kappa shape index (κ1) is 14.9. The van der Waals surface area contributed by atoms with Gasteiger partial charge >= 0.3 is 5.97 Å². The van der Waals surface area contributed by atoms with Crippen molar-refractivity contribution in [1.82, 2.24) is 0 Å². The second-order valence-electron chi connectivity index (χ2n) is 5.06. The zero-order chi connectivity index (χ0) is 16.4. The van der Waals surface area contributed by atoms with Crippen LogP contribution in [0, 0.1) is 0 Å². The number of hydrogen-bond donors (Lipinski definition) is 1. The second kappa shape index (κ2) is 6.00. The number of methoxy groups -OCH3 is 1. The highest BCUT2D eigenvalue weighted by atomic mass is 16.5.